The Balaban J connectivity index is 1.58. The van der Waals surface area contributed by atoms with Crippen LogP contribution in [0.1, 0.15) is 11.3 Å². The second-order valence-electron chi connectivity index (χ2n) is 6.86. The third-order valence-electron chi connectivity index (χ3n) is 4.51. The molecule has 0 saturated carbocycles. The fourth-order valence-electron chi connectivity index (χ4n) is 2.97. The number of aryl methyl sites for hydroxylation is 1. The molecular weight excluding hydrogens is 437 g/mol. The van der Waals surface area contributed by atoms with E-state index in [1.807, 2.05) is 19.1 Å². The fraction of sp³-hybridized carbons (Fsp3) is 0.0909. The summed E-state index contributed by atoms with van der Waals surface area (Å²) >= 11 is 1.36. The first-order valence-electron chi connectivity index (χ1n) is 9.31. The van der Waals surface area contributed by atoms with Crippen molar-refractivity contribution in [2.45, 2.75) is 22.5 Å². The summed E-state index contributed by atoms with van der Waals surface area (Å²) in [6.07, 6.45) is 1.69. The summed E-state index contributed by atoms with van der Waals surface area (Å²) < 4.78 is 42.5. The first-order chi connectivity index (χ1) is 14.8. The van der Waals surface area contributed by atoms with Crippen molar-refractivity contribution >= 4 is 33.1 Å². The lowest BCUT2D eigenvalue weighted by Crippen LogP contribution is -2.15. The summed E-state index contributed by atoms with van der Waals surface area (Å²) in [5, 5.41) is 0. The molecule has 2 heterocycles. The van der Waals surface area contributed by atoms with Gasteiger partial charge in [0.2, 0.25) is 0 Å². The number of benzene rings is 2. The van der Waals surface area contributed by atoms with Crippen LogP contribution in [0.3, 0.4) is 0 Å². The number of hydrogen-bond acceptors (Lipinski definition) is 5. The van der Waals surface area contributed by atoms with Gasteiger partial charge in [0.1, 0.15) is 11.5 Å². The molecule has 0 saturated heterocycles. The molecule has 6 nitrogen and oxygen atoms in total. The number of hydrogen-bond donors (Lipinski definition) is 1. The number of nitrogens with one attached hydrogen (secondary N) is 1. The normalized spacial score (nSPS) is 11.5. The summed E-state index contributed by atoms with van der Waals surface area (Å²) in [4.78, 5) is 17.5. The SMILES string of the molecule is Cc1ccn2c(=O)cc(CSc3ccccc3NS(=O)(=O)c3ccc(F)cc3)nc2c1. The van der Waals surface area contributed by atoms with Crippen molar-refractivity contribution in [3.8, 4) is 0 Å². The van der Waals surface area contributed by atoms with Crippen LogP contribution in [0.25, 0.3) is 5.65 Å². The van der Waals surface area contributed by atoms with Crippen LogP contribution in [0.15, 0.2) is 87.5 Å². The van der Waals surface area contributed by atoms with Gasteiger partial charge in [0.15, 0.2) is 0 Å². The minimum atomic E-state index is -3.87. The van der Waals surface area contributed by atoms with Crippen LogP contribution in [0.5, 0.6) is 0 Å². The molecule has 0 aliphatic carbocycles. The van der Waals surface area contributed by atoms with E-state index < -0.39 is 15.8 Å². The number of anilines is 1. The number of rotatable bonds is 6. The molecular formula is C22H18FN3O3S2. The number of thioether (sulfide) groups is 1. The zero-order valence-electron chi connectivity index (χ0n) is 16.4. The van der Waals surface area contributed by atoms with Crippen molar-refractivity contribution in [1.29, 1.82) is 0 Å². The smallest absolute Gasteiger partial charge is 0.261 e. The van der Waals surface area contributed by atoms with Gasteiger partial charge in [-0.15, -0.1) is 11.8 Å². The molecule has 0 radical (unpaired) electrons. The van der Waals surface area contributed by atoms with Gasteiger partial charge in [0.25, 0.3) is 15.6 Å². The summed E-state index contributed by atoms with van der Waals surface area (Å²) in [6.45, 7) is 1.93. The standard InChI is InChI=1S/C22H18FN3O3S2/c1-15-10-11-26-21(12-15)24-17(13-22(26)27)14-30-20-5-3-2-4-19(20)25-31(28,29)18-8-6-16(23)7-9-18/h2-13,25H,14H2,1H3. The lowest BCUT2D eigenvalue weighted by Gasteiger charge is -2.12. The number of para-hydroxylation sites is 1. The maximum atomic E-state index is 13.1. The third-order valence-corrected chi connectivity index (χ3v) is 7.00. The number of nitrogens with zero attached hydrogens (tertiary/aromatic N) is 2. The van der Waals surface area contributed by atoms with Crippen LogP contribution >= 0.6 is 11.8 Å². The minimum Gasteiger partial charge on any atom is -0.278 e. The molecule has 0 spiro atoms. The Bertz CT molecular complexity index is 1420. The Hall–Kier alpha value is -3.17. The highest BCUT2D eigenvalue weighted by molar-refractivity contribution is 7.98. The first-order valence-corrected chi connectivity index (χ1v) is 11.8. The summed E-state index contributed by atoms with van der Waals surface area (Å²) in [6, 6.07) is 16.7. The predicted molar refractivity (Wildman–Crippen MR) is 119 cm³/mol. The molecule has 0 amide bonds. The Kier molecular flexibility index (Phi) is 5.79. The molecule has 158 valence electrons. The van der Waals surface area contributed by atoms with Crippen LogP contribution in [0, 0.1) is 12.7 Å². The van der Waals surface area contributed by atoms with Gasteiger partial charge in [-0.2, -0.15) is 0 Å². The van der Waals surface area contributed by atoms with Gasteiger partial charge in [-0.05, 0) is 61.0 Å². The average Bonchev–Trinajstić information content (AvgIpc) is 2.73. The van der Waals surface area contributed by atoms with E-state index in [1.165, 1.54) is 34.4 Å². The number of pyridine rings is 1. The van der Waals surface area contributed by atoms with Crippen molar-refractivity contribution in [3.63, 3.8) is 0 Å². The Morgan fingerprint density at radius 3 is 2.58 bits per heavy atom. The van der Waals surface area contributed by atoms with E-state index in [4.69, 9.17) is 0 Å². The molecule has 0 atom stereocenters. The molecule has 0 aliphatic heterocycles. The second-order valence-corrected chi connectivity index (χ2v) is 9.56. The molecule has 0 aliphatic rings. The van der Waals surface area contributed by atoms with Crippen molar-refractivity contribution in [2.24, 2.45) is 0 Å². The minimum absolute atomic E-state index is 0.0340. The maximum absolute atomic E-state index is 13.1. The van der Waals surface area contributed by atoms with Crippen molar-refractivity contribution in [3.05, 3.63) is 100 Å². The van der Waals surface area contributed by atoms with Crippen molar-refractivity contribution < 1.29 is 12.8 Å². The molecule has 2 aromatic carbocycles. The Labute approximate surface area is 182 Å². The molecule has 1 N–H and O–H groups in total. The lowest BCUT2D eigenvalue weighted by atomic mass is 10.3. The summed E-state index contributed by atoms with van der Waals surface area (Å²) in [5.41, 5.74) is 2.37. The van der Waals surface area contributed by atoms with Crippen LogP contribution in [0.4, 0.5) is 10.1 Å². The highest BCUT2D eigenvalue weighted by Crippen LogP contribution is 2.31. The van der Waals surface area contributed by atoms with E-state index in [2.05, 4.69) is 9.71 Å². The number of aromatic nitrogens is 2. The van der Waals surface area contributed by atoms with Gasteiger partial charge < -0.3 is 0 Å². The topological polar surface area (TPSA) is 80.5 Å². The zero-order valence-corrected chi connectivity index (χ0v) is 18.1. The van der Waals surface area contributed by atoms with Crippen molar-refractivity contribution in [1.82, 2.24) is 9.38 Å². The fourth-order valence-corrected chi connectivity index (χ4v) is 5.02. The van der Waals surface area contributed by atoms with Crippen LogP contribution in [-0.2, 0) is 15.8 Å². The molecule has 2 aromatic heterocycles. The number of halogens is 1. The quantitative estimate of drug-likeness (QED) is 0.440. The largest absolute Gasteiger partial charge is 0.278 e. The average molecular weight is 456 g/mol. The predicted octanol–water partition coefficient (Wildman–Crippen LogP) is 4.24. The highest BCUT2D eigenvalue weighted by Gasteiger charge is 2.16. The molecule has 0 bridgehead atoms. The van der Waals surface area contributed by atoms with Gasteiger partial charge in [0, 0.05) is 22.9 Å². The Morgan fingerprint density at radius 1 is 1.06 bits per heavy atom. The monoisotopic (exact) mass is 455 g/mol. The van der Waals surface area contributed by atoms with Gasteiger partial charge in [-0.25, -0.2) is 17.8 Å². The lowest BCUT2D eigenvalue weighted by molar-refractivity contribution is 0.599. The third kappa shape index (κ3) is 4.78. The van der Waals surface area contributed by atoms with E-state index >= 15 is 0 Å². The van der Waals surface area contributed by atoms with Gasteiger partial charge in [0.05, 0.1) is 16.3 Å². The summed E-state index contributed by atoms with van der Waals surface area (Å²) in [5.74, 6) is -0.126. The summed E-state index contributed by atoms with van der Waals surface area (Å²) in [7, 11) is -3.87. The van der Waals surface area contributed by atoms with E-state index in [0.717, 1.165) is 17.7 Å². The molecule has 4 aromatic rings. The van der Waals surface area contributed by atoms with Crippen LogP contribution in [0.2, 0.25) is 0 Å². The molecule has 0 unspecified atom stereocenters. The first kappa shape index (κ1) is 21.1. The van der Waals surface area contributed by atoms with E-state index in [1.54, 1.807) is 30.5 Å². The van der Waals surface area contributed by atoms with Crippen LogP contribution < -0.4 is 10.3 Å². The Morgan fingerprint density at radius 2 is 1.81 bits per heavy atom. The van der Waals surface area contributed by atoms with E-state index in [-0.39, 0.29) is 10.5 Å². The molecule has 0 fully saturated rings. The van der Waals surface area contributed by atoms with Gasteiger partial charge >= 0.3 is 0 Å². The molecule has 4 rings (SSSR count). The van der Waals surface area contributed by atoms with Gasteiger partial charge in [-0.1, -0.05) is 12.1 Å². The second kappa shape index (κ2) is 8.52. The van der Waals surface area contributed by atoms with E-state index in [0.29, 0.717) is 27.7 Å². The number of sulfonamides is 1. The number of fused-ring (bicyclic) bond motifs is 1. The maximum Gasteiger partial charge on any atom is 0.261 e. The van der Waals surface area contributed by atoms with Gasteiger partial charge in [-0.3, -0.25) is 13.9 Å². The molecule has 9 heteroatoms. The molecule has 31 heavy (non-hydrogen) atoms. The van der Waals surface area contributed by atoms with Crippen molar-refractivity contribution in [2.75, 3.05) is 4.72 Å². The zero-order chi connectivity index (χ0) is 22.0. The van der Waals surface area contributed by atoms with Crippen LogP contribution in [-0.4, -0.2) is 17.8 Å². The van der Waals surface area contributed by atoms with E-state index in [9.17, 15) is 17.6 Å². The highest BCUT2D eigenvalue weighted by atomic mass is 32.2.